The lowest BCUT2D eigenvalue weighted by Crippen LogP contribution is -2.41. The lowest BCUT2D eigenvalue weighted by molar-refractivity contribution is -0.119. The van der Waals surface area contributed by atoms with Crippen LogP contribution in [0.4, 0.5) is 5.69 Å². The second kappa shape index (κ2) is 7.06. The summed E-state index contributed by atoms with van der Waals surface area (Å²) < 4.78 is 27.3. The minimum atomic E-state index is -3.88. The zero-order valence-corrected chi connectivity index (χ0v) is 15.3. The molecule has 1 aliphatic carbocycles. The number of carbonyl (C=O) groups is 1. The zero-order valence-electron chi connectivity index (χ0n) is 13.8. The predicted octanol–water partition coefficient (Wildman–Crippen LogP) is 3.12. The first-order valence-electron chi connectivity index (χ1n) is 8.00. The van der Waals surface area contributed by atoms with Crippen molar-refractivity contribution in [3.63, 3.8) is 0 Å². The van der Waals surface area contributed by atoms with Crippen LogP contribution < -0.4 is 9.62 Å². The molecule has 1 aliphatic rings. The number of sulfonamides is 1. The van der Waals surface area contributed by atoms with E-state index in [-0.39, 0.29) is 23.4 Å². The Labute approximate surface area is 152 Å². The number of anilines is 1. The molecule has 5 nitrogen and oxygen atoms in total. The lowest BCUT2D eigenvalue weighted by atomic mass is 10.2. The molecule has 1 amide bonds. The fraction of sp³-hybridized carbons (Fsp3) is 0.278. The summed E-state index contributed by atoms with van der Waals surface area (Å²) in [6.07, 6.45) is 1.88. The summed E-state index contributed by atoms with van der Waals surface area (Å²) in [4.78, 5) is 12.4. The summed E-state index contributed by atoms with van der Waals surface area (Å²) in [5, 5.41) is 3.23. The van der Waals surface area contributed by atoms with Crippen LogP contribution in [0.2, 0.25) is 5.02 Å². The number of halogens is 1. The molecule has 2 aromatic carbocycles. The van der Waals surface area contributed by atoms with Crippen molar-refractivity contribution in [2.24, 2.45) is 0 Å². The van der Waals surface area contributed by atoms with Crippen LogP contribution in [0.1, 0.15) is 18.4 Å². The molecular weight excluding hydrogens is 360 g/mol. The van der Waals surface area contributed by atoms with E-state index in [2.05, 4.69) is 5.32 Å². The molecule has 0 saturated heterocycles. The Kier molecular flexibility index (Phi) is 5.01. The lowest BCUT2D eigenvalue weighted by Gasteiger charge is -2.24. The molecule has 7 heteroatoms. The summed E-state index contributed by atoms with van der Waals surface area (Å²) in [5.74, 6) is -0.321. The van der Waals surface area contributed by atoms with Gasteiger partial charge in [0.2, 0.25) is 5.91 Å². The highest BCUT2D eigenvalue weighted by atomic mass is 35.5. The maximum atomic E-state index is 13.1. The van der Waals surface area contributed by atoms with Gasteiger partial charge in [0, 0.05) is 11.1 Å². The van der Waals surface area contributed by atoms with Crippen LogP contribution in [0, 0.1) is 6.92 Å². The van der Waals surface area contributed by atoms with Crippen molar-refractivity contribution in [3.05, 3.63) is 59.1 Å². The fourth-order valence-electron chi connectivity index (χ4n) is 2.42. The van der Waals surface area contributed by atoms with Crippen molar-refractivity contribution >= 4 is 33.2 Å². The quantitative estimate of drug-likeness (QED) is 0.839. The van der Waals surface area contributed by atoms with E-state index in [0.29, 0.717) is 10.7 Å². The maximum Gasteiger partial charge on any atom is 0.264 e. The number of nitrogens with one attached hydrogen (secondary N) is 1. The number of hydrogen-bond acceptors (Lipinski definition) is 3. The van der Waals surface area contributed by atoms with E-state index in [4.69, 9.17) is 11.6 Å². The van der Waals surface area contributed by atoms with Crippen molar-refractivity contribution < 1.29 is 13.2 Å². The Balaban J connectivity index is 1.96. The third-order valence-corrected chi connectivity index (χ3v) is 5.96. The smallest absolute Gasteiger partial charge is 0.264 e. The molecule has 0 aromatic heterocycles. The number of carbonyl (C=O) groups excluding carboxylic acids is 1. The Bertz CT molecular complexity index is 877. The highest BCUT2D eigenvalue weighted by molar-refractivity contribution is 7.92. The number of aryl methyl sites for hydroxylation is 1. The van der Waals surface area contributed by atoms with Gasteiger partial charge in [-0.2, -0.15) is 0 Å². The van der Waals surface area contributed by atoms with Gasteiger partial charge in [-0.3, -0.25) is 9.10 Å². The van der Waals surface area contributed by atoms with E-state index >= 15 is 0 Å². The van der Waals surface area contributed by atoms with Crippen LogP contribution in [0.25, 0.3) is 0 Å². The second-order valence-electron chi connectivity index (χ2n) is 6.15. The molecule has 2 aromatic rings. The van der Waals surface area contributed by atoms with Crippen LogP contribution >= 0.6 is 11.6 Å². The molecule has 0 spiro atoms. The third kappa shape index (κ3) is 4.32. The number of benzene rings is 2. The molecule has 1 N–H and O–H groups in total. The van der Waals surface area contributed by atoms with Gasteiger partial charge in [0.25, 0.3) is 10.0 Å². The monoisotopic (exact) mass is 378 g/mol. The molecule has 1 saturated carbocycles. The molecule has 25 heavy (non-hydrogen) atoms. The van der Waals surface area contributed by atoms with Gasteiger partial charge in [-0.15, -0.1) is 0 Å². The molecular formula is C18H19ClN2O3S. The second-order valence-corrected chi connectivity index (χ2v) is 8.45. The molecule has 0 bridgehead atoms. The summed E-state index contributed by atoms with van der Waals surface area (Å²) >= 11 is 6.01. The number of hydrogen-bond donors (Lipinski definition) is 1. The highest BCUT2D eigenvalue weighted by Crippen LogP contribution is 2.26. The molecule has 132 valence electrons. The normalized spacial score (nSPS) is 14.2. The first-order valence-corrected chi connectivity index (χ1v) is 9.82. The molecule has 1 fully saturated rings. The molecule has 0 unspecified atom stereocenters. The fourth-order valence-corrected chi connectivity index (χ4v) is 4.01. The van der Waals surface area contributed by atoms with Gasteiger partial charge in [-0.1, -0.05) is 35.4 Å². The van der Waals surface area contributed by atoms with Gasteiger partial charge in [-0.05, 0) is 50.1 Å². The summed E-state index contributed by atoms with van der Waals surface area (Å²) in [5.41, 5.74) is 1.32. The molecule has 3 rings (SSSR count). The van der Waals surface area contributed by atoms with Crippen LogP contribution in [-0.2, 0) is 14.8 Å². The van der Waals surface area contributed by atoms with Gasteiger partial charge in [-0.25, -0.2) is 8.42 Å². The van der Waals surface area contributed by atoms with Gasteiger partial charge < -0.3 is 5.32 Å². The van der Waals surface area contributed by atoms with Gasteiger partial charge in [0.1, 0.15) is 6.54 Å². The number of amides is 1. The minimum absolute atomic E-state index is 0.136. The van der Waals surface area contributed by atoms with Gasteiger partial charge in [0.15, 0.2) is 0 Å². The van der Waals surface area contributed by atoms with Crippen LogP contribution in [0.15, 0.2) is 53.4 Å². The third-order valence-electron chi connectivity index (χ3n) is 3.93. The molecule has 0 aliphatic heterocycles. The first-order chi connectivity index (χ1) is 11.9. The minimum Gasteiger partial charge on any atom is -0.352 e. The summed E-state index contributed by atoms with van der Waals surface area (Å²) in [6.45, 7) is 1.60. The average molecular weight is 379 g/mol. The molecule has 0 radical (unpaired) electrons. The van der Waals surface area contributed by atoms with Crippen molar-refractivity contribution in [2.45, 2.75) is 30.7 Å². The number of nitrogens with zero attached hydrogens (tertiary/aromatic N) is 1. The Morgan fingerprint density at radius 1 is 1.20 bits per heavy atom. The van der Waals surface area contributed by atoms with Crippen LogP contribution in [0.3, 0.4) is 0 Å². The van der Waals surface area contributed by atoms with E-state index in [1.165, 1.54) is 6.07 Å². The average Bonchev–Trinajstić information content (AvgIpc) is 3.37. The van der Waals surface area contributed by atoms with Gasteiger partial charge >= 0.3 is 0 Å². The first kappa shape index (κ1) is 17.8. The SMILES string of the molecule is Cc1ccc(S(=O)(=O)N(CC(=O)NC2CC2)c2cccc(Cl)c2)cc1. The maximum absolute atomic E-state index is 13.1. The number of rotatable bonds is 6. The topological polar surface area (TPSA) is 66.5 Å². The van der Waals surface area contributed by atoms with E-state index in [9.17, 15) is 13.2 Å². The van der Waals surface area contributed by atoms with E-state index < -0.39 is 10.0 Å². The van der Waals surface area contributed by atoms with Crippen molar-refractivity contribution in [1.29, 1.82) is 0 Å². The van der Waals surface area contributed by atoms with E-state index in [1.54, 1.807) is 42.5 Å². The Morgan fingerprint density at radius 2 is 1.88 bits per heavy atom. The van der Waals surface area contributed by atoms with Crippen molar-refractivity contribution in [3.8, 4) is 0 Å². The predicted molar refractivity (Wildman–Crippen MR) is 98.3 cm³/mol. The standard InChI is InChI=1S/C18H19ClN2O3S/c1-13-5-9-17(10-6-13)25(23,24)21(12-18(22)20-15-7-8-15)16-4-2-3-14(19)11-16/h2-6,9-11,15H,7-8,12H2,1H3,(H,20,22). The van der Waals surface area contributed by atoms with E-state index in [1.807, 2.05) is 6.92 Å². The molecule has 0 atom stereocenters. The highest BCUT2D eigenvalue weighted by Gasteiger charge is 2.30. The van der Waals surface area contributed by atoms with Crippen molar-refractivity contribution in [2.75, 3.05) is 10.8 Å². The van der Waals surface area contributed by atoms with Crippen LogP contribution in [-0.4, -0.2) is 26.9 Å². The zero-order chi connectivity index (χ0) is 18.0. The van der Waals surface area contributed by atoms with E-state index in [0.717, 1.165) is 22.7 Å². The van der Waals surface area contributed by atoms with Crippen LogP contribution in [0.5, 0.6) is 0 Å². The molecule has 0 heterocycles. The van der Waals surface area contributed by atoms with Gasteiger partial charge in [0.05, 0.1) is 10.6 Å². The van der Waals surface area contributed by atoms with Crippen molar-refractivity contribution in [1.82, 2.24) is 5.32 Å². The summed E-state index contributed by atoms with van der Waals surface area (Å²) in [6, 6.07) is 13.2. The Hall–Kier alpha value is -2.05. The largest absolute Gasteiger partial charge is 0.352 e. The Morgan fingerprint density at radius 3 is 2.48 bits per heavy atom. The summed E-state index contributed by atoms with van der Waals surface area (Å²) in [7, 11) is -3.88.